The molecule has 2 rings (SSSR count). The second-order valence-corrected chi connectivity index (χ2v) is 5.16. The molecule has 0 bridgehead atoms. The molecule has 0 aliphatic heterocycles. The quantitative estimate of drug-likeness (QED) is 0.803. The molecule has 0 saturated heterocycles. The normalized spacial score (nSPS) is 10.2. The lowest BCUT2D eigenvalue weighted by Crippen LogP contribution is -1.95. The summed E-state index contributed by atoms with van der Waals surface area (Å²) in [6, 6.07) is 11.9. The molecule has 0 radical (unpaired) electrons. The van der Waals surface area contributed by atoms with Crippen LogP contribution in [0.3, 0.4) is 0 Å². The van der Waals surface area contributed by atoms with E-state index in [1.54, 1.807) is 0 Å². The number of hydrogen-bond acceptors (Lipinski definition) is 2. The van der Waals surface area contributed by atoms with Crippen LogP contribution in [0.2, 0.25) is 0 Å². The molecule has 16 heavy (non-hydrogen) atoms. The van der Waals surface area contributed by atoms with Gasteiger partial charge in [-0.1, -0.05) is 22.0 Å². The fourth-order valence-corrected chi connectivity index (χ4v) is 2.20. The first-order chi connectivity index (χ1) is 7.65. The van der Waals surface area contributed by atoms with Crippen molar-refractivity contribution in [2.45, 2.75) is 6.92 Å². The summed E-state index contributed by atoms with van der Waals surface area (Å²) in [7, 11) is 0. The first-order valence-electron chi connectivity index (χ1n) is 4.81. The van der Waals surface area contributed by atoms with E-state index in [0.717, 1.165) is 20.6 Å². The summed E-state index contributed by atoms with van der Waals surface area (Å²) >= 11 is 6.79. The van der Waals surface area contributed by atoms with Crippen molar-refractivity contribution < 1.29 is 0 Å². The number of benzene rings is 1. The van der Waals surface area contributed by atoms with Crippen LogP contribution in [0.25, 0.3) is 0 Å². The van der Waals surface area contributed by atoms with Gasteiger partial charge in [0.25, 0.3) is 0 Å². The average Bonchev–Trinajstić information content (AvgIpc) is 2.22. The third-order valence-electron chi connectivity index (χ3n) is 2.17. The third kappa shape index (κ3) is 2.83. The summed E-state index contributed by atoms with van der Waals surface area (Å²) in [4.78, 5) is 4.33. The number of rotatable bonds is 2. The molecule has 82 valence electrons. The van der Waals surface area contributed by atoms with E-state index < -0.39 is 0 Å². The highest BCUT2D eigenvalue weighted by Gasteiger charge is 2.00. The highest BCUT2D eigenvalue weighted by atomic mass is 79.9. The Morgan fingerprint density at radius 3 is 2.62 bits per heavy atom. The van der Waals surface area contributed by atoms with Gasteiger partial charge < -0.3 is 5.32 Å². The summed E-state index contributed by atoms with van der Waals surface area (Å²) in [5.74, 6) is 0.833. The van der Waals surface area contributed by atoms with E-state index in [-0.39, 0.29) is 0 Å². The summed E-state index contributed by atoms with van der Waals surface area (Å²) in [6.07, 6.45) is 0. The second-order valence-electron chi connectivity index (χ2n) is 3.43. The standard InChI is InChI=1S/C12H10Br2N2/c1-8-7-9(13)5-6-10(8)15-12-4-2-3-11(14)16-12/h2-7H,1H3,(H,15,16). The van der Waals surface area contributed by atoms with E-state index in [1.165, 1.54) is 5.56 Å². The largest absolute Gasteiger partial charge is 0.340 e. The number of pyridine rings is 1. The topological polar surface area (TPSA) is 24.9 Å². The van der Waals surface area contributed by atoms with Gasteiger partial charge in [0.05, 0.1) is 0 Å². The van der Waals surface area contributed by atoms with E-state index in [9.17, 15) is 0 Å². The number of halogens is 2. The van der Waals surface area contributed by atoms with Crippen molar-refractivity contribution in [2.75, 3.05) is 5.32 Å². The Kier molecular flexibility index (Phi) is 3.61. The predicted molar refractivity (Wildman–Crippen MR) is 74.1 cm³/mol. The number of aromatic nitrogens is 1. The lowest BCUT2D eigenvalue weighted by Gasteiger charge is -2.09. The molecule has 0 spiro atoms. The van der Waals surface area contributed by atoms with Crippen LogP contribution in [0.15, 0.2) is 45.5 Å². The van der Waals surface area contributed by atoms with Crippen molar-refractivity contribution in [1.29, 1.82) is 0 Å². The van der Waals surface area contributed by atoms with Gasteiger partial charge in [0.15, 0.2) is 0 Å². The van der Waals surface area contributed by atoms with Crippen molar-refractivity contribution >= 4 is 43.4 Å². The van der Waals surface area contributed by atoms with Gasteiger partial charge in [0.1, 0.15) is 10.4 Å². The molecule has 4 heteroatoms. The van der Waals surface area contributed by atoms with Gasteiger partial charge in [0, 0.05) is 10.2 Å². The van der Waals surface area contributed by atoms with Gasteiger partial charge in [-0.05, 0) is 58.7 Å². The van der Waals surface area contributed by atoms with Crippen molar-refractivity contribution in [1.82, 2.24) is 4.98 Å². The lowest BCUT2D eigenvalue weighted by atomic mass is 10.2. The highest BCUT2D eigenvalue weighted by molar-refractivity contribution is 9.10. The number of aryl methyl sites for hydroxylation is 1. The minimum atomic E-state index is 0.826. The number of nitrogens with zero attached hydrogens (tertiary/aromatic N) is 1. The SMILES string of the molecule is Cc1cc(Br)ccc1Nc1cccc(Br)n1. The maximum atomic E-state index is 4.33. The van der Waals surface area contributed by atoms with Crippen LogP contribution in [0.1, 0.15) is 5.56 Å². The summed E-state index contributed by atoms with van der Waals surface area (Å²) in [5, 5.41) is 3.28. The minimum absolute atomic E-state index is 0.826. The van der Waals surface area contributed by atoms with Gasteiger partial charge in [-0.2, -0.15) is 0 Å². The zero-order valence-corrected chi connectivity index (χ0v) is 11.8. The van der Waals surface area contributed by atoms with E-state index in [0.29, 0.717) is 0 Å². The Balaban J connectivity index is 2.27. The molecule has 0 aliphatic carbocycles. The molecular weight excluding hydrogens is 332 g/mol. The fraction of sp³-hybridized carbons (Fsp3) is 0.0833. The summed E-state index contributed by atoms with van der Waals surface area (Å²) < 4.78 is 1.91. The smallest absolute Gasteiger partial charge is 0.131 e. The molecule has 0 fully saturated rings. The molecule has 2 aromatic rings. The monoisotopic (exact) mass is 340 g/mol. The van der Waals surface area contributed by atoms with E-state index in [4.69, 9.17) is 0 Å². The van der Waals surface area contributed by atoms with Crippen molar-refractivity contribution in [2.24, 2.45) is 0 Å². The molecule has 0 unspecified atom stereocenters. The zero-order chi connectivity index (χ0) is 11.5. The van der Waals surface area contributed by atoms with Gasteiger partial charge in [0.2, 0.25) is 0 Å². The van der Waals surface area contributed by atoms with E-state index in [1.807, 2.05) is 30.3 Å². The highest BCUT2D eigenvalue weighted by Crippen LogP contribution is 2.23. The van der Waals surface area contributed by atoms with Crippen molar-refractivity contribution in [3.05, 3.63) is 51.0 Å². The Morgan fingerprint density at radius 2 is 1.94 bits per heavy atom. The Bertz CT molecular complexity index is 512. The van der Waals surface area contributed by atoms with Gasteiger partial charge in [-0.3, -0.25) is 0 Å². The maximum absolute atomic E-state index is 4.33. The molecule has 0 saturated carbocycles. The van der Waals surface area contributed by atoms with Crippen LogP contribution >= 0.6 is 31.9 Å². The van der Waals surface area contributed by atoms with Crippen LogP contribution in [-0.4, -0.2) is 4.98 Å². The first kappa shape index (κ1) is 11.6. The van der Waals surface area contributed by atoms with Crippen LogP contribution in [0, 0.1) is 6.92 Å². The molecule has 1 aromatic heterocycles. The van der Waals surface area contributed by atoms with Crippen LogP contribution in [0.4, 0.5) is 11.5 Å². The first-order valence-corrected chi connectivity index (χ1v) is 6.39. The molecule has 0 aliphatic rings. The van der Waals surface area contributed by atoms with E-state index in [2.05, 4.69) is 55.2 Å². The van der Waals surface area contributed by atoms with Crippen LogP contribution in [0.5, 0.6) is 0 Å². The molecular formula is C12H10Br2N2. The minimum Gasteiger partial charge on any atom is -0.340 e. The molecule has 1 N–H and O–H groups in total. The fourth-order valence-electron chi connectivity index (χ4n) is 1.38. The molecule has 0 atom stereocenters. The van der Waals surface area contributed by atoms with Crippen LogP contribution in [-0.2, 0) is 0 Å². The second kappa shape index (κ2) is 4.97. The number of nitrogens with one attached hydrogen (secondary N) is 1. The van der Waals surface area contributed by atoms with Crippen molar-refractivity contribution in [3.63, 3.8) is 0 Å². The summed E-state index contributed by atoms with van der Waals surface area (Å²) in [5.41, 5.74) is 2.24. The molecule has 0 amide bonds. The Hall–Kier alpha value is -0.870. The Morgan fingerprint density at radius 1 is 1.12 bits per heavy atom. The molecule has 1 aromatic carbocycles. The third-order valence-corrected chi connectivity index (χ3v) is 3.10. The predicted octanol–water partition coefficient (Wildman–Crippen LogP) is 4.66. The van der Waals surface area contributed by atoms with Crippen LogP contribution < -0.4 is 5.32 Å². The van der Waals surface area contributed by atoms with Gasteiger partial charge in [-0.15, -0.1) is 0 Å². The number of anilines is 2. The zero-order valence-electron chi connectivity index (χ0n) is 8.67. The maximum Gasteiger partial charge on any atom is 0.131 e. The lowest BCUT2D eigenvalue weighted by molar-refractivity contribution is 1.26. The van der Waals surface area contributed by atoms with Crippen molar-refractivity contribution in [3.8, 4) is 0 Å². The molecule has 2 nitrogen and oxygen atoms in total. The van der Waals surface area contributed by atoms with E-state index >= 15 is 0 Å². The molecule has 1 heterocycles. The Labute approximate surface area is 111 Å². The van der Waals surface area contributed by atoms with Gasteiger partial charge >= 0.3 is 0 Å². The van der Waals surface area contributed by atoms with Gasteiger partial charge in [-0.25, -0.2) is 4.98 Å². The number of hydrogen-bond donors (Lipinski definition) is 1. The summed E-state index contributed by atoms with van der Waals surface area (Å²) in [6.45, 7) is 2.06. The average molecular weight is 342 g/mol.